The number of piperidine rings is 1. The maximum Gasteiger partial charge on any atom is 0.243 e. The number of ether oxygens (including phenoxy) is 4. The van der Waals surface area contributed by atoms with Gasteiger partial charge in [-0.2, -0.15) is 4.31 Å². The van der Waals surface area contributed by atoms with Crippen molar-refractivity contribution in [3.05, 3.63) is 18.2 Å². The first-order chi connectivity index (χ1) is 15.0. The molecule has 7 nitrogen and oxygen atoms in total. The van der Waals surface area contributed by atoms with Crippen LogP contribution < -0.4 is 9.47 Å². The van der Waals surface area contributed by atoms with E-state index in [2.05, 4.69) is 0 Å². The van der Waals surface area contributed by atoms with Crippen LogP contribution in [0.15, 0.2) is 23.1 Å². The molecular formula is C23H33NO6S. The summed E-state index contributed by atoms with van der Waals surface area (Å²) in [5, 5.41) is 0. The minimum atomic E-state index is -3.56. The van der Waals surface area contributed by atoms with Crippen LogP contribution in [0.5, 0.6) is 11.5 Å². The molecule has 0 N–H and O–H groups in total. The molecule has 0 bridgehead atoms. The van der Waals surface area contributed by atoms with Gasteiger partial charge in [0.2, 0.25) is 10.0 Å². The van der Waals surface area contributed by atoms with Gasteiger partial charge in [-0.15, -0.1) is 0 Å². The Balaban J connectivity index is 1.17. The van der Waals surface area contributed by atoms with Crippen LogP contribution in [0.3, 0.4) is 0 Å². The van der Waals surface area contributed by atoms with Crippen LogP contribution in [-0.4, -0.2) is 64.4 Å². The van der Waals surface area contributed by atoms with Gasteiger partial charge in [0.1, 0.15) is 13.2 Å². The fourth-order valence-corrected chi connectivity index (χ4v) is 6.43. The summed E-state index contributed by atoms with van der Waals surface area (Å²) in [7, 11) is -3.56. The van der Waals surface area contributed by atoms with Crippen molar-refractivity contribution in [1.29, 1.82) is 0 Å². The highest BCUT2D eigenvalue weighted by atomic mass is 32.2. The number of hydrogen-bond acceptors (Lipinski definition) is 6. The zero-order valence-electron chi connectivity index (χ0n) is 18.1. The molecule has 4 aliphatic rings. The average molecular weight is 452 g/mol. The molecule has 1 aliphatic carbocycles. The minimum absolute atomic E-state index is 0.182. The second-order valence-electron chi connectivity index (χ2n) is 9.41. The molecule has 3 fully saturated rings. The molecule has 0 aromatic heterocycles. The first kappa shape index (κ1) is 21.5. The summed E-state index contributed by atoms with van der Waals surface area (Å²) in [5.74, 6) is 2.52. The Hall–Kier alpha value is -1.35. The molecule has 1 saturated carbocycles. The van der Waals surface area contributed by atoms with E-state index in [1.807, 2.05) is 0 Å². The number of benzene rings is 1. The summed E-state index contributed by atoms with van der Waals surface area (Å²) >= 11 is 0. The van der Waals surface area contributed by atoms with E-state index in [-0.39, 0.29) is 10.5 Å². The smallest absolute Gasteiger partial charge is 0.243 e. The van der Waals surface area contributed by atoms with Crippen molar-refractivity contribution < 1.29 is 27.4 Å². The molecule has 8 heteroatoms. The molecule has 1 unspecified atom stereocenters. The highest BCUT2D eigenvalue weighted by Crippen LogP contribution is 2.40. The quantitative estimate of drug-likeness (QED) is 0.593. The van der Waals surface area contributed by atoms with Crippen LogP contribution in [0.4, 0.5) is 0 Å². The van der Waals surface area contributed by atoms with Crippen molar-refractivity contribution in [2.24, 2.45) is 11.8 Å². The van der Waals surface area contributed by atoms with Crippen LogP contribution in [-0.2, 0) is 19.5 Å². The number of hydrogen-bond donors (Lipinski definition) is 0. The van der Waals surface area contributed by atoms with Gasteiger partial charge in [-0.3, -0.25) is 0 Å². The van der Waals surface area contributed by atoms with Gasteiger partial charge in [-0.05, 0) is 68.9 Å². The van der Waals surface area contributed by atoms with E-state index >= 15 is 0 Å². The molecule has 1 aromatic carbocycles. The maximum absolute atomic E-state index is 13.2. The lowest BCUT2D eigenvalue weighted by atomic mass is 9.79. The first-order valence-electron chi connectivity index (χ1n) is 11.7. The van der Waals surface area contributed by atoms with Gasteiger partial charge in [0.25, 0.3) is 0 Å². The zero-order valence-corrected chi connectivity index (χ0v) is 18.9. The Labute approximate surface area is 185 Å². The third kappa shape index (κ3) is 4.87. The first-order valence-corrected chi connectivity index (χ1v) is 13.1. The number of rotatable bonds is 7. The SMILES string of the molecule is O=S(=O)(c1ccc2c(c1)OCCO2)N1CCC2(CC1)CC(CCOCC1CC1)CCO2. The second-order valence-corrected chi connectivity index (χ2v) is 11.3. The standard InChI is InChI=1S/C23H33NO6S/c25-31(26,20-3-4-21-22(15-20)29-14-13-28-21)24-9-7-23(8-10-24)16-18(6-12-30-23)5-11-27-17-19-1-2-19/h3-4,15,18-19H,1-2,5-14,16-17H2. The molecule has 2 saturated heterocycles. The van der Waals surface area contributed by atoms with Gasteiger partial charge >= 0.3 is 0 Å². The number of nitrogens with zero attached hydrogens (tertiary/aromatic N) is 1. The average Bonchev–Trinajstić information content (AvgIpc) is 3.61. The van der Waals surface area contributed by atoms with Crippen LogP contribution in [0.2, 0.25) is 0 Å². The van der Waals surface area contributed by atoms with Crippen molar-refractivity contribution in [3.63, 3.8) is 0 Å². The van der Waals surface area contributed by atoms with Crippen molar-refractivity contribution in [1.82, 2.24) is 4.31 Å². The van der Waals surface area contributed by atoms with Gasteiger partial charge < -0.3 is 18.9 Å². The summed E-state index contributed by atoms with van der Waals surface area (Å²) < 4.78 is 51.2. The molecule has 1 atom stereocenters. The second kappa shape index (κ2) is 8.89. The van der Waals surface area contributed by atoms with E-state index < -0.39 is 10.0 Å². The Kier molecular flexibility index (Phi) is 6.16. The molecule has 1 aromatic rings. The number of fused-ring (bicyclic) bond motifs is 1. The predicted molar refractivity (Wildman–Crippen MR) is 115 cm³/mol. The van der Waals surface area contributed by atoms with E-state index in [0.717, 1.165) is 57.8 Å². The Bertz CT molecular complexity index is 876. The number of sulfonamides is 1. The van der Waals surface area contributed by atoms with Crippen molar-refractivity contribution in [2.45, 2.75) is 55.4 Å². The highest BCUT2D eigenvalue weighted by molar-refractivity contribution is 7.89. The largest absolute Gasteiger partial charge is 0.486 e. The van der Waals surface area contributed by atoms with Crippen LogP contribution >= 0.6 is 0 Å². The third-order valence-electron chi connectivity index (χ3n) is 7.10. The molecule has 172 valence electrons. The third-order valence-corrected chi connectivity index (χ3v) is 9.00. The lowest BCUT2D eigenvalue weighted by Crippen LogP contribution is -2.50. The molecule has 0 radical (unpaired) electrons. The van der Waals surface area contributed by atoms with Gasteiger partial charge in [-0.25, -0.2) is 8.42 Å². The fraction of sp³-hybridized carbons (Fsp3) is 0.739. The van der Waals surface area contributed by atoms with E-state index in [1.54, 1.807) is 22.5 Å². The Morgan fingerprint density at radius 3 is 2.55 bits per heavy atom. The Morgan fingerprint density at radius 1 is 1.00 bits per heavy atom. The van der Waals surface area contributed by atoms with Crippen molar-refractivity contribution >= 4 is 10.0 Å². The van der Waals surface area contributed by atoms with E-state index in [1.165, 1.54) is 12.8 Å². The summed E-state index contributed by atoms with van der Waals surface area (Å²) in [4.78, 5) is 0.267. The fourth-order valence-electron chi connectivity index (χ4n) is 4.98. The summed E-state index contributed by atoms with van der Waals surface area (Å²) in [6, 6.07) is 4.89. The molecule has 0 amide bonds. The van der Waals surface area contributed by atoms with Gasteiger partial charge in [0.05, 0.1) is 10.5 Å². The molecule has 5 rings (SSSR count). The predicted octanol–water partition coefficient (Wildman–Crippen LogP) is 3.22. The lowest BCUT2D eigenvalue weighted by Gasteiger charge is -2.46. The maximum atomic E-state index is 13.2. The lowest BCUT2D eigenvalue weighted by molar-refractivity contribution is -0.123. The Morgan fingerprint density at radius 2 is 1.77 bits per heavy atom. The molecule has 3 aliphatic heterocycles. The zero-order chi connectivity index (χ0) is 21.3. The summed E-state index contributed by atoms with van der Waals surface area (Å²) in [6.45, 7) is 4.42. The van der Waals surface area contributed by atoms with E-state index in [0.29, 0.717) is 43.7 Å². The van der Waals surface area contributed by atoms with Crippen molar-refractivity contribution in [3.8, 4) is 11.5 Å². The van der Waals surface area contributed by atoms with E-state index in [9.17, 15) is 8.42 Å². The highest BCUT2D eigenvalue weighted by Gasteiger charge is 2.42. The minimum Gasteiger partial charge on any atom is -0.486 e. The topological polar surface area (TPSA) is 74.3 Å². The summed E-state index contributed by atoms with van der Waals surface area (Å²) in [6.07, 6.45) is 7.31. The van der Waals surface area contributed by atoms with Gasteiger partial charge in [-0.1, -0.05) is 0 Å². The van der Waals surface area contributed by atoms with Crippen LogP contribution in [0, 0.1) is 11.8 Å². The van der Waals surface area contributed by atoms with Crippen LogP contribution in [0.1, 0.15) is 44.9 Å². The monoisotopic (exact) mass is 451 g/mol. The molecule has 1 spiro atoms. The van der Waals surface area contributed by atoms with E-state index in [4.69, 9.17) is 18.9 Å². The molecule has 31 heavy (non-hydrogen) atoms. The van der Waals surface area contributed by atoms with Crippen LogP contribution in [0.25, 0.3) is 0 Å². The molecular weight excluding hydrogens is 418 g/mol. The van der Waals surface area contributed by atoms with Crippen molar-refractivity contribution in [2.75, 3.05) is 46.1 Å². The van der Waals surface area contributed by atoms with Gasteiger partial charge in [0.15, 0.2) is 11.5 Å². The molecule has 3 heterocycles. The normalized spacial score (nSPS) is 26.1. The van der Waals surface area contributed by atoms with Gasteiger partial charge in [0, 0.05) is 39.0 Å². The summed E-state index contributed by atoms with van der Waals surface area (Å²) in [5.41, 5.74) is -0.182.